The minimum atomic E-state index is 0.0110. The fourth-order valence-corrected chi connectivity index (χ4v) is 3.83. The van der Waals surface area contributed by atoms with Crippen molar-refractivity contribution in [3.05, 3.63) is 48.0 Å². The number of rotatable bonds is 7. The number of ether oxygens (including phenoxy) is 1. The smallest absolute Gasteiger partial charge is 0.225 e. The van der Waals surface area contributed by atoms with Crippen LogP contribution in [-0.2, 0) is 17.9 Å². The standard InChI is InChI=1S/C22H31N3O2/c1-17(2)22(26)25(19-7-5-4-6-8-19)16-21-23-13-14-24(21)15-18-9-11-20(27-3)12-10-18/h9-14,17,19H,4-8,15-16H2,1-3H3. The quantitative estimate of drug-likeness (QED) is 0.733. The van der Waals surface area contributed by atoms with Crippen molar-refractivity contribution in [1.82, 2.24) is 14.5 Å². The Bertz CT molecular complexity index is 730. The summed E-state index contributed by atoms with van der Waals surface area (Å²) >= 11 is 0. The van der Waals surface area contributed by atoms with Crippen LogP contribution in [0.2, 0.25) is 0 Å². The molecule has 0 unspecified atom stereocenters. The normalized spacial score (nSPS) is 15.1. The summed E-state index contributed by atoms with van der Waals surface area (Å²) in [4.78, 5) is 19.5. The van der Waals surface area contributed by atoms with Crippen LogP contribution in [0.15, 0.2) is 36.7 Å². The number of carbonyl (C=O) groups is 1. The van der Waals surface area contributed by atoms with Crippen LogP contribution >= 0.6 is 0 Å². The zero-order valence-corrected chi connectivity index (χ0v) is 16.7. The molecule has 0 atom stereocenters. The lowest BCUT2D eigenvalue weighted by Crippen LogP contribution is -2.43. The van der Waals surface area contributed by atoms with E-state index >= 15 is 0 Å². The van der Waals surface area contributed by atoms with E-state index in [1.807, 2.05) is 38.4 Å². The van der Waals surface area contributed by atoms with Crippen molar-refractivity contribution >= 4 is 5.91 Å². The Kier molecular flexibility index (Phi) is 6.54. The van der Waals surface area contributed by atoms with Gasteiger partial charge < -0.3 is 14.2 Å². The van der Waals surface area contributed by atoms with Gasteiger partial charge >= 0.3 is 0 Å². The van der Waals surface area contributed by atoms with Gasteiger partial charge in [-0.3, -0.25) is 4.79 Å². The predicted octanol–water partition coefficient (Wildman–Crippen LogP) is 4.26. The van der Waals surface area contributed by atoms with E-state index in [4.69, 9.17) is 4.74 Å². The first-order valence-electron chi connectivity index (χ1n) is 10.0. The van der Waals surface area contributed by atoms with Gasteiger partial charge in [-0.2, -0.15) is 0 Å². The van der Waals surface area contributed by atoms with Crippen LogP contribution in [0.1, 0.15) is 57.3 Å². The molecule has 1 heterocycles. The van der Waals surface area contributed by atoms with E-state index in [1.54, 1.807) is 7.11 Å². The first-order chi connectivity index (χ1) is 13.1. The summed E-state index contributed by atoms with van der Waals surface area (Å²) in [5.41, 5.74) is 1.19. The molecule has 0 N–H and O–H groups in total. The second-order valence-electron chi connectivity index (χ2n) is 7.73. The summed E-state index contributed by atoms with van der Waals surface area (Å²) in [5, 5.41) is 0. The Morgan fingerprint density at radius 2 is 1.93 bits per heavy atom. The van der Waals surface area contributed by atoms with Gasteiger partial charge in [0, 0.05) is 30.9 Å². The number of hydrogen-bond acceptors (Lipinski definition) is 3. The molecule has 0 bridgehead atoms. The van der Waals surface area contributed by atoms with Gasteiger partial charge in [-0.15, -0.1) is 0 Å². The van der Waals surface area contributed by atoms with Crippen molar-refractivity contribution in [2.75, 3.05) is 7.11 Å². The highest BCUT2D eigenvalue weighted by molar-refractivity contribution is 5.78. The van der Waals surface area contributed by atoms with Crippen LogP contribution in [-0.4, -0.2) is 33.5 Å². The molecule has 1 aliphatic rings. The fraction of sp³-hybridized carbons (Fsp3) is 0.545. The Morgan fingerprint density at radius 1 is 1.22 bits per heavy atom. The molecule has 1 saturated carbocycles. The molecule has 1 aromatic carbocycles. The van der Waals surface area contributed by atoms with E-state index in [9.17, 15) is 4.79 Å². The van der Waals surface area contributed by atoms with Gasteiger partial charge in [-0.05, 0) is 30.5 Å². The summed E-state index contributed by atoms with van der Waals surface area (Å²) in [7, 11) is 1.68. The van der Waals surface area contributed by atoms with E-state index in [1.165, 1.54) is 24.8 Å². The van der Waals surface area contributed by atoms with Gasteiger partial charge in [0.05, 0.1) is 13.7 Å². The zero-order chi connectivity index (χ0) is 19.2. The third-order valence-electron chi connectivity index (χ3n) is 5.42. The Balaban J connectivity index is 1.76. The Labute approximate surface area is 162 Å². The summed E-state index contributed by atoms with van der Waals surface area (Å²) in [5.74, 6) is 2.05. The Hall–Kier alpha value is -2.30. The summed E-state index contributed by atoms with van der Waals surface area (Å²) < 4.78 is 7.38. The predicted molar refractivity (Wildman–Crippen MR) is 107 cm³/mol. The van der Waals surface area contributed by atoms with Gasteiger partial charge in [0.25, 0.3) is 0 Å². The summed E-state index contributed by atoms with van der Waals surface area (Å²) in [6.07, 6.45) is 9.76. The van der Waals surface area contributed by atoms with Crippen molar-refractivity contribution < 1.29 is 9.53 Å². The molecule has 0 aliphatic heterocycles. The van der Waals surface area contributed by atoms with Crippen molar-refractivity contribution in [1.29, 1.82) is 0 Å². The molecular formula is C22H31N3O2. The lowest BCUT2D eigenvalue weighted by Gasteiger charge is -2.35. The average Bonchev–Trinajstić information content (AvgIpc) is 3.13. The molecule has 2 aromatic rings. The third kappa shape index (κ3) is 4.90. The van der Waals surface area contributed by atoms with Crippen LogP contribution in [0.4, 0.5) is 0 Å². The molecule has 0 saturated heterocycles. The first kappa shape index (κ1) is 19.5. The number of methoxy groups -OCH3 is 1. The number of hydrogen-bond donors (Lipinski definition) is 0. The van der Waals surface area contributed by atoms with Gasteiger partial charge in [0.2, 0.25) is 5.91 Å². The molecule has 5 heteroatoms. The van der Waals surface area contributed by atoms with Crippen molar-refractivity contribution in [2.45, 2.75) is 65.1 Å². The highest BCUT2D eigenvalue weighted by atomic mass is 16.5. The summed E-state index contributed by atoms with van der Waals surface area (Å²) in [6.45, 7) is 5.31. The molecule has 1 fully saturated rings. The molecule has 1 aliphatic carbocycles. The number of nitrogens with zero attached hydrogens (tertiary/aromatic N) is 3. The molecule has 0 spiro atoms. The maximum Gasteiger partial charge on any atom is 0.225 e. The number of aromatic nitrogens is 2. The van der Waals surface area contributed by atoms with Crippen molar-refractivity contribution in [2.24, 2.45) is 5.92 Å². The largest absolute Gasteiger partial charge is 0.497 e. The van der Waals surface area contributed by atoms with Crippen molar-refractivity contribution in [3.63, 3.8) is 0 Å². The number of benzene rings is 1. The lowest BCUT2D eigenvalue weighted by atomic mass is 9.93. The van der Waals surface area contributed by atoms with Crippen LogP contribution in [0.3, 0.4) is 0 Å². The maximum absolute atomic E-state index is 12.9. The van der Waals surface area contributed by atoms with E-state index < -0.39 is 0 Å². The minimum Gasteiger partial charge on any atom is -0.497 e. The van der Waals surface area contributed by atoms with E-state index in [2.05, 4.69) is 26.6 Å². The molecule has 0 radical (unpaired) electrons. The summed E-state index contributed by atoms with van der Waals surface area (Å²) in [6, 6.07) is 8.44. The minimum absolute atomic E-state index is 0.0110. The molecule has 1 aromatic heterocycles. The zero-order valence-electron chi connectivity index (χ0n) is 16.7. The topological polar surface area (TPSA) is 47.4 Å². The number of imidazole rings is 1. The van der Waals surface area contributed by atoms with Crippen LogP contribution < -0.4 is 4.74 Å². The molecule has 3 rings (SSSR count). The molecular weight excluding hydrogens is 338 g/mol. The Morgan fingerprint density at radius 3 is 2.56 bits per heavy atom. The molecule has 1 amide bonds. The molecule has 5 nitrogen and oxygen atoms in total. The fourth-order valence-electron chi connectivity index (χ4n) is 3.83. The van der Waals surface area contributed by atoms with Crippen LogP contribution in [0.5, 0.6) is 5.75 Å². The molecule has 27 heavy (non-hydrogen) atoms. The lowest BCUT2D eigenvalue weighted by molar-refractivity contribution is -0.138. The monoisotopic (exact) mass is 369 g/mol. The van der Waals surface area contributed by atoms with E-state index in [-0.39, 0.29) is 11.8 Å². The second kappa shape index (κ2) is 9.07. The van der Waals surface area contributed by atoms with Crippen LogP contribution in [0.25, 0.3) is 0 Å². The van der Waals surface area contributed by atoms with Gasteiger partial charge in [-0.25, -0.2) is 4.98 Å². The number of amides is 1. The molecule has 146 valence electrons. The van der Waals surface area contributed by atoms with Gasteiger partial charge in [0.15, 0.2) is 0 Å². The second-order valence-corrected chi connectivity index (χ2v) is 7.73. The third-order valence-corrected chi connectivity index (χ3v) is 5.42. The van der Waals surface area contributed by atoms with Crippen LogP contribution in [0, 0.1) is 5.92 Å². The maximum atomic E-state index is 12.9. The van der Waals surface area contributed by atoms with Gasteiger partial charge in [0.1, 0.15) is 11.6 Å². The highest BCUT2D eigenvalue weighted by Crippen LogP contribution is 2.25. The number of carbonyl (C=O) groups excluding carboxylic acids is 1. The SMILES string of the molecule is COc1ccc(Cn2ccnc2CN(C(=O)C(C)C)C2CCCCC2)cc1. The first-order valence-corrected chi connectivity index (χ1v) is 10.0. The average molecular weight is 370 g/mol. The van der Waals surface area contributed by atoms with Crippen molar-refractivity contribution in [3.8, 4) is 5.75 Å². The van der Waals surface area contributed by atoms with E-state index in [0.29, 0.717) is 12.6 Å². The van der Waals surface area contributed by atoms with Gasteiger partial charge in [-0.1, -0.05) is 45.2 Å². The highest BCUT2D eigenvalue weighted by Gasteiger charge is 2.28. The van der Waals surface area contributed by atoms with E-state index in [0.717, 1.165) is 31.0 Å².